The molecular weight excluding hydrogens is 309 g/mol. The first-order valence-corrected chi connectivity index (χ1v) is 8.07. The van der Waals surface area contributed by atoms with E-state index in [4.69, 9.17) is 0 Å². The van der Waals surface area contributed by atoms with Gasteiger partial charge in [-0.15, -0.1) is 0 Å². The Labute approximate surface area is 140 Å². The number of fused-ring (bicyclic) bond motifs is 1. The van der Waals surface area contributed by atoms with Crippen LogP contribution in [0.1, 0.15) is 29.4 Å². The van der Waals surface area contributed by atoms with Crippen LogP contribution in [0.4, 0.5) is 4.39 Å². The standard InChI is InChI=1S/C18H20FN3O2/c1-12-16(10-14-4-5-15(19)11-17(14)20-12)18(24)22-7-3-6-21(8-9-22)13(2)23/h4-5,10-11H,3,6-9H2,1-2H3. The van der Waals surface area contributed by atoms with Crippen LogP contribution in [-0.4, -0.2) is 52.8 Å². The maximum atomic E-state index is 13.3. The van der Waals surface area contributed by atoms with Gasteiger partial charge in [0, 0.05) is 44.6 Å². The van der Waals surface area contributed by atoms with Gasteiger partial charge in [-0.1, -0.05) is 0 Å². The molecule has 0 spiro atoms. The van der Waals surface area contributed by atoms with E-state index >= 15 is 0 Å². The molecule has 0 saturated carbocycles. The smallest absolute Gasteiger partial charge is 0.255 e. The number of pyridine rings is 1. The van der Waals surface area contributed by atoms with E-state index in [2.05, 4.69) is 4.98 Å². The summed E-state index contributed by atoms with van der Waals surface area (Å²) in [4.78, 5) is 32.3. The third kappa shape index (κ3) is 3.22. The number of rotatable bonds is 1. The molecule has 0 aliphatic carbocycles. The number of carbonyl (C=O) groups is 2. The molecule has 1 saturated heterocycles. The van der Waals surface area contributed by atoms with Gasteiger partial charge in [-0.3, -0.25) is 14.6 Å². The van der Waals surface area contributed by atoms with Crippen LogP contribution in [0.25, 0.3) is 10.9 Å². The monoisotopic (exact) mass is 329 g/mol. The number of carbonyl (C=O) groups excluding carboxylic acids is 2. The highest BCUT2D eigenvalue weighted by atomic mass is 19.1. The average molecular weight is 329 g/mol. The minimum atomic E-state index is -0.342. The summed E-state index contributed by atoms with van der Waals surface area (Å²) in [5.74, 6) is -0.392. The number of nitrogens with zero attached hydrogens (tertiary/aromatic N) is 3. The zero-order valence-electron chi connectivity index (χ0n) is 13.9. The zero-order valence-corrected chi connectivity index (χ0v) is 13.9. The zero-order chi connectivity index (χ0) is 17.3. The van der Waals surface area contributed by atoms with E-state index < -0.39 is 0 Å². The molecular formula is C18H20FN3O2. The van der Waals surface area contributed by atoms with Crippen molar-refractivity contribution in [3.05, 3.63) is 41.3 Å². The quantitative estimate of drug-likeness (QED) is 0.807. The van der Waals surface area contributed by atoms with Crippen molar-refractivity contribution in [2.24, 2.45) is 0 Å². The molecule has 1 fully saturated rings. The number of amides is 2. The lowest BCUT2D eigenvalue weighted by molar-refractivity contribution is -0.128. The normalized spacial score (nSPS) is 15.5. The lowest BCUT2D eigenvalue weighted by atomic mass is 10.1. The Morgan fingerprint density at radius 1 is 1.08 bits per heavy atom. The van der Waals surface area contributed by atoms with E-state index in [-0.39, 0.29) is 17.6 Å². The second-order valence-electron chi connectivity index (χ2n) is 6.11. The van der Waals surface area contributed by atoms with Crippen LogP contribution in [0, 0.1) is 12.7 Å². The molecule has 1 aliphatic heterocycles. The average Bonchev–Trinajstić information content (AvgIpc) is 2.79. The van der Waals surface area contributed by atoms with Crippen LogP contribution in [0.3, 0.4) is 0 Å². The molecule has 0 N–H and O–H groups in total. The van der Waals surface area contributed by atoms with Gasteiger partial charge in [0.1, 0.15) is 5.82 Å². The number of benzene rings is 1. The molecule has 1 aliphatic rings. The molecule has 5 nitrogen and oxygen atoms in total. The maximum Gasteiger partial charge on any atom is 0.255 e. The first-order valence-electron chi connectivity index (χ1n) is 8.07. The van der Waals surface area contributed by atoms with Crippen molar-refractivity contribution in [2.75, 3.05) is 26.2 Å². The fourth-order valence-electron chi connectivity index (χ4n) is 3.06. The number of aryl methyl sites for hydroxylation is 1. The highest BCUT2D eigenvalue weighted by molar-refractivity contribution is 5.98. The van der Waals surface area contributed by atoms with Crippen LogP contribution < -0.4 is 0 Å². The highest BCUT2D eigenvalue weighted by Gasteiger charge is 2.23. The van der Waals surface area contributed by atoms with Gasteiger partial charge in [0.05, 0.1) is 16.8 Å². The van der Waals surface area contributed by atoms with E-state index in [1.807, 2.05) is 0 Å². The Morgan fingerprint density at radius 3 is 2.54 bits per heavy atom. The van der Waals surface area contributed by atoms with E-state index in [1.54, 1.807) is 35.8 Å². The van der Waals surface area contributed by atoms with Crippen molar-refractivity contribution in [1.82, 2.24) is 14.8 Å². The van der Waals surface area contributed by atoms with Crippen molar-refractivity contribution in [3.63, 3.8) is 0 Å². The molecule has 1 aromatic heterocycles. The maximum absolute atomic E-state index is 13.3. The number of halogens is 1. The van der Waals surface area contributed by atoms with E-state index in [9.17, 15) is 14.0 Å². The summed E-state index contributed by atoms with van der Waals surface area (Å²) < 4.78 is 13.3. The second-order valence-corrected chi connectivity index (χ2v) is 6.11. The summed E-state index contributed by atoms with van der Waals surface area (Å²) in [6.45, 7) is 5.66. The Balaban J connectivity index is 1.86. The molecule has 6 heteroatoms. The Morgan fingerprint density at radius 2 is 1.79 bits per heavy atom. The summed E-state index contributed by atoms with van der Waals surface area (Å²) >= 11 is 0. The third-order valence-electron chi connectivity index (χ3n) is 4.43. The van der Waals surface area contributed by atoms with Gasteiger partial charge in [0.15, 0.2) is 0 Å². The van der Waals surface area contributed by atoms with Gasteiger partial charge in [-0.05, 0) is 31.5 Å². The van der Waals surface area contributed by atoms with Gasteiger partial charge >= 0.3 is 0 Å². The van der Waals surface area contributed by atoms with Crippen LogP contribution in [0.5, 0.6) is 0 Å². The molecule has 24 heavy (non-hydrogen) atoms. The van der Waals surface area contributed by atoms with Gasteiger partial charge in [-0.2, -0.15) is 0 Å². The van der Waals surface area contributed by atoms with Crippen molar-refractivity contribution < 1.29 is 14.0 Å². The molecule has 0 atom stereocenters. The first-order chi connectivity index (χ1) is 11.5. The topological polar surface area (TPSA) is 53.5 Å². The first kappa shape index (κ1) is 16.4. The fourth-order valence-corrected chi connectivity index (χ4v) is 3.06. The number of hydrogen-bond acceptors (Lipinski definition) is 3. The van der Waals surface area contributed by atoms with Crippen LogP contribution in [0.15, 0.2) is 24.3 Å². The van der Waals surface area contributed by atoms with Crippen molar-refractivity contribution in [2.45, 2.75) is 20.3 Å². The molecule has 2 amide bonds. The lowest BCUT2D eigenvalue weighted by Gasteiger charge is -2.22. The molecule has 126 valence electrons. The Hall–Kier alpha value is -2.50. The molecule has 0 unspecified atom stereocenters. The van der Waals surface area contributed by atoms with Crippen LogP contribution in [0.2, 0.25) is 0 Å². The molecule has 0 radical (unpaired) electrons. The van der Waals surface area contributed by atoms with Crippen LogP contribution >= 0.6 is 0 Å². The number of hydrogen-bond donors (Lipinski definition) is 0. The van der Waals surface area contributed by atoms with Crippen molar-refractivity contribution in [3.8, 4) is 0 Å². The van der Waals surface area contributed by atoms with Crippen molar-refractivity contribution in [1.29, 1.82) is 0 Å². The molecule has 2 heterocycles. The summed E-state index contributed by atoms with van der Waals surface area (Å²) in [5, 5.41) is 0.741. The SMILES string of the molecule is CC(=O)N1CCCN(C(=O)c2cc3ccc(F)cc3nc2C)CC1. The Kier molecular flexibility index (Phi) is 4.46. The molecule has 1 aromatic carbocycles. The van der Waals surface area contributed by atoms with Gasteiger partial charge in [0.25, 0.3) is 5.91 Å². The van der Waals surface area contributed by atoms with E-state index in [0.717, 1.165) is 11.8 Å². The Bertz CT molecular complexity index is 806. The van der Waals surface area contributed by atoms with E-state index in [1.165, 1.54) is 12.1 Å². The third-order valence-corrected chi connectivity index (χ3v) is 4.43. The van der Waals surface area contributed by atoms with Crippen LogP contribution in [-0.2, 0) is 4.79 Å². The number of aromatic nitrogens is 1. The summed E-state index contributed by atoms with van der Waals surface area (Å²) in [5.41, 5.74) is 1.67. The molecule has 2 aromatic rings. The van der Waals surface area contributed by atoms with Gasteiger partial charge in [0.2, 0.25) is 5.91 Å². The van der Waals surface area contributed by atoms with Crippen molar-refractivity contribution >= 4 is 22.7 Å². The molecule has 3 rings (SSSR count). The minimum Gasteiger partial charge on any atom is -0.341 e. The largest absolute Gasteiger partial charge is 0.341 e. The lowest BCUT2D eigenvalue weighted by Crippen LogP contribution is -2.36. The summed E-state index contributed by atoms with van der Waals surface area (Å²) in [6.07, 6.45) is 0.761. The van der Waals surface area contributed by atoms with Gasteiger partial charge in [-0.25, -0.2) is 4.39 Å². The predicted molar refractivity (Wildman–Crippen MR) is 89.2 cm³/mol. The second kappa shape index (κ2) is 6.55. The molecule has 0 bridgehead atoms. The summed E-state index contributed by atoms with van der Waals surface area (Å²) in [6, 6.07) is 6.14. The highest BCUT2D eigenvalue weighted by Crippen LogP contribution is 2.20. The van der Waals surface area contributed by atoms with E-state index in [0.29, 0.717) is 43.0 Å². The minimum absolute atomic E-state index is 0.0369. The summed E-state index contributed by atoms with van der Waals surface area (Å²) in [7, 11) is 0. The van der Waals surface area contributed by atoms with Gasteiger partial charge < -0.3 is 9.80 Å². The predicted octanol–water partition coefficient (Wildman–Crippen LogP) is 2.38. The fraction of sp³-hybridized carbons (Fsp3) is 0.389.